The lowest BCUT2D eigenvalue weighted by Crippen LogP contribution is -2.44. The number of pyridine rings is 1. The van der Waals surface area contributed by atoms with Gasteiger partial charge in [-0.3, -0.25) is 9.59 Å². The van der Waals surface area contributed by atoms with Crippen LogP contribution in [0.1, 0.15) is 53.8 Å². The standard InChI is InChI=1S/C16H19N3O3/c1-11-12(10-17)5-7-14(18-11)16(22)19-9-3-2-4-13(19)6-8-15(20)21/h5,7,13H,2-4,6,8-9H2,1H3,(H,20,21)/t13-/m0/s1. The Balaban J connectivity index is 2.16. The van der Waals surface area contributed by atoms with E-state index in [1.54, 1.807) is 24.0 Å². The lowest BCUT2D eigenvalue weighted by Gasteiger charge is -2.35. The maximum atomic E-state index is 12.6. The second kappa shape index (κ2) is 7.03. The predicted molar refractivity (Wildman–Crippen MR) is 79.2 cm³/mol. The Morgan fingerprint density at radius 3 is 2.86 bits per heavy atom. The smallest absolute Gasteiger partial charge is 0.303 e. The van der Waals surface area contributed by atoms with E-state index in [9.17, 15) is 9.59 Å². The van der Waals surface area contributed by atoms with Crippen LogP contribution >= 0.6 is 0 Å². The first-order chi connectivity index (χ1) is 10.5. The highest BCUT2D eigenvalue weighted by Gasteiger charge is 2.28. The number of aromatic nitrogens is 1. The third-order valence-electron chi connectivity index (χ3n) is 4.00. The van der Waals surface area contributed by atoms with Gasteiger partial charge in [0.15, 0.2) is 0 Å². The number of nitrogens with zero attached hydrogens (tertiary/aromatic N) is 3. The van der Waals surface area contributed by atoms with E-state index in [2.05, 4.69) is 4.98 Å². The number of rotatable bonds is 4. The number of hydrogen-bond donors (Lipinski definition) is 1. The maximum absolute atomic E-state index is 12.6. The van der Waals surface area contributed by atoms with Crippen LogP contribution in [0.2, 0.25) is 0 Å². The Morgan fingerprint density at radius 2 is 2.23 bits per heavy atom. The molecule has 1 atom stereocenters. The molecule has 2 heterocycles. The Hall–Kier alpha value is -2.42. The highest BCUT2D eigenvalue weighted by molar-refractivity contribution is 5.92. The summed E-state index contributed by atoms with van der Waals surface area (Å²) in [6.07, 6.45) is 3.29. The highest BCUT2D eigenvalue weighted by atomic mass is 16.4. The van der Waals surface area contributed by atoms with Gasteiger partial charge in [-0.2, -0.15) is 5.26 Å². The Bertz CT molecular complexity index is 622. The van der Waals surface area contributed by atoms with Gasteiger partial charge in [0.05, 0.1) is 11.3 Å². The number of aryl methyl sites for hydroxylation is 1. The number of piperidine rings is 1. The van der Waals surface area contributed by atoms with Crippen molar-refractivity contribution in [3.63, 3.8) is 0 Å². The van der Waals surface area contributed by atoms with Crippen molar-refractivity contribution in [2.75, 3.05) is 6.54 Å². The molecule has 1 amide bonds. The third-order valence-corrected chi connectivity index (χ3v) is 4.00. The molecule has 0 aliphatic carbocycles. The lowest BCUT2D eigenvalue weighted by molar-refractivity contribution is -0.137. The third kappa shape index (κ3) is 3.61. The van der Waals surface area contributed by atoms with Gasteiger partial charge in [-0.15, -0.1) is 0 Å². The molecule has 1 saturated heterocycles. The van der Waals surface area contributed by atoms with E-state index >= 15 is 0 Å². The van der Waals surface area contributed by atoms with Crippen LogP contribution in [0.4, 0.5) is 0 Å². The van der Waals surface area contributed by atoms with E-state index in [0.717, 1.165) is 19.3 Å². The first-order valence-electron chi connectivity index (χ1n) is 7.43. The van der Waals surface area contributed by atoms with Crippen LogP contribution in [0.15, 0.2) is 12.1 Å². The molecule has 0 aromatic carbocycles. The fraction of sp³-hybridized carbons (Fsp3) is 0.500. The van der Waals surface area contributed by atoms with Gasteiger partial charge in [0.25, 0.3) is 5.91 Å². The molecule has 1 aliphatic heterocycles. The number of hydrogen-bond acceptors (Lipinski definition) is 4. The summed E-state index contributed by atoms with van der Waals surface area (Å²) in [5.74, 6) is -1.02. The van der Waals surface area contributed by atoms with Gasteiger partial charge in [0.1, 0.15) is 11.8 Å². The summed E-state index contributed by atoms with van der Waals surface area (Å²) < 4.78 is 0. The summed E-state index contributed by atoms with van der Waals surface area (Å²) in [7, 11) is 0. The van der Waals surface area contributed by atoms with Gasteiger partial charge in [0, 0.05) is 19.0 Å². The predicted octanol–water partition coefficient (Wildman–Crippen LogP) is 2.12. The Labute approximate surface area is 129 Å². The zero-order valence-electron chi connectivity index (χ0n) is 12.6. The number of aliphatic carboxylic acids is 1. The summed E-state index contributed by atoms with van der Waals surface area (Å²) in [4.78, 5) is 29.4. The van der Waals surface area contributed by atoms with Crippen molar-refractivity contribution < 1.29 is 14.7 Å². The van der Waals surface area contributed by atoms with Crippen molar-refractivity contribution in [2.45, 2.75) is 45.1 Å². The second-order valence-corrected chi connectivity index (χ2v) is 5.52. The van der Waals surface area contributed by atoms with Crippen LogP contribution in [0, 0.1) is 18.3 Å². The molecule has 1 aliphatic rings. The molecule has 0 saturated carbocycles. The van der Waals surface area contributed by atoms with Gasteiger partial charge >= 0.3 is 5.97 Å². The lowest BCUT2D eigenvalue weighted by atomic mass is 9.97. The average Bonchev–Trinajstić information content (AvgIpc) is 2.52. The summed E-state index contributed by atoms with van der Waals surface area (Å²) in [5.41, 5.74) is 1.31. The van der Waals surface area contributed by atoms with Gasteiger partial charge in [0.2, 0.25) is 0 Å². The molecular weight excluding hydrogens is 282 g/mol. The number of amides is 1. The Kier molecular flexibility index (Phi) is 5.10. The molecule has 22 heavy (non-hydrogen) atoms. The molecule has 2 rings (SSSR count). The van der Waals surface area contributed by atoms with Gasteiger partial charge in [-0.05, 0) is 44.7 Å². The van der Waals surface area contributed by atoms with Crippen molar-refractivity contribution in [2.24, 2.45) is 0 Å². The van der Waals surface area contributed by atoms with Crippen LogP contribution in [-0.2, 0) is 4.79 Å². The fourth-order valence-corrected chi connectivity index (χ4v) is 2.80. The summed E-state index contributed by atoms with van der Waals surface area (Å²) in [6, 6.07) is 5.15. The molecule has 0 bridgehead atoms. The van der Waals surface area contributed by atoms with Crippen molar-refractivity contribution in [3.8, 4) is 6.07 Å². The van der Waals surface area contributed by atoms with Crippen molar-refractivity contribution in [1.82, 2.24) is 9.88 Å². The van der Waals surface area contributed by atoms with Crippen molar-refractivity contribution >= 4 is 11.9 Å². The minimum absolute atomic E-state index is 0.0462. The number of carboxylic acid groups (broad SMARTS) is 1. The highest BCUT2D eigenvalue weighted by Crippen LogP contribution is 2.23. The van der Waals surface area contributed by atoms with Crippen LogP contribution in [0.5, 0.6) is 0 Å². The first kappa shape index (κ1) is 16.0. The van der Waals surface area contributed by atoms with Crippen molar-refractivity contribution in [1.29, 1.82) is 5.26 Å². The summed E-state index contributed by atoms with van der Waals surface area (Å²) in [5, 5.41) is 17.8. The molecular formula is C16H19N3O3. The fourth-order valence-electron chi connectivity index (χ4n) is 2.80. The maximum Gasteiger partial charge on any atom is 0.303 e. The van der Waals surface area contributed by atoms with E-state index in [0.29, 0.717) is 29.9 Å². The molecule has 1 N–H and O–H groups in total. The quantitative estimate of drug-likeness (QED) is 0.919. The van der Waals surface area contributed by atoms with Crippen LogP contribution in [0.3, 0.4) is 0 Å². The molecule has 0 spiro atoms. The molecule has 1 aromatic heterocycles. The monoisotopic (exact) mass is 301 g/mol. The molecule has 0 unspecified atom stereocenters. The topological polar surface area (TPSA) is 94.3 Å². The molecule has 6 nitrogen and oxygen atoms in total. The molecule has 6 heteroatoms. The Morgan fingerprint density at radius 1 is 1.45 bits per heavy atom. The van der Waals surface area contributed by atoms with Crippen molar-refractivity contribution in [3.05, 3.63) is 29.1 Å². The number of likely N-dealkylation sites (tertiary alicyclic amines) is 1. The van der Waals surface area contributed by atoms with E-state index in [-0.39, 0.29) is 18.4 Å². The number of carboxylic acids is 1. The van der Waals surface area contributed by atoms with E-state index in [1.807, 2.05) is 6.07 Å². The minimum Gasteiger partial charge on any atom is -0.481 e. The SMILES string of the molecule is Cc1nc(C(=O)N2CCCC[C@H]2CCC(=O)O)ccc1C#N. The van der Waals surface area contributed by atoms with Crippen LogP contribution < -0.4 is 0 Å². The number of carbonyl (C=O) groups is 2. The van der Waals surface area contributed by atoms with E-state index < -0.39 is 5.97 Å². The minimum atomic E-state index is -0.842. The van der Waals surface area contributed by atoms with E-state index in [1.165, 1.54) is 0 Å². The molecule has 116 valence electrons. The number of nitriles is 1. The molecule has 0 radical (unpaired) electrons. The first-order valence-corrected chi connectivity index (χ1v) is 7.43. The van der Waals surface area contributed by atoms with Crippen LogP contribution in [0.25, 0.3) is 0 Å². The number of carbonyl (C=O) groups excluding carboxylic acids is 1. The van der Waals surface area contributed by atoms with E-state index in [4.69, 9.17) is 10.4 Å². The van der Waals surface area contributed by atoms with Crippen LogP contribution in [-0.4, -0.2) is 39.5 Å². The summed E-state index contributed by atoms with van der Waals surface area (Å²) in [6.45, 7) is 2.33. The van der Waals surface area contributed by atoms with Gasteiger partial charge < -0.3 is 10.0 Å². The average molecular weight is 301 g/mol. The second-order valence-electron chi connectivity index (χ2n) is 5.52. The molecule has 1 aromatic rings. The zero-order chi connectivity index (χ0) is 16.1. The zero-order valence-corrected chi connectivity index (χ0v) is 12.6. The molecule has 1 fully saturated rings. The normalized spacial score (nSPS) is 17.8. The van der Waals surface area contributed by atoms with Gasteiger partial charge in [-0.25, -0.2) is 4.98 Å². The van der Waals surface area contributed by atoms with Gasteiger partial charge in [-0.1, -0.05) is 0 Å². The summed E-state index contributed by atoms with van der Waals surface area (Å²) >= 11 is 0. The largest absolute Gasteiger partial charge is 0.481 e.